The van der Waals surface area contributed by atoms with E-state index in [0.717, 1.165) is 0 Å². The molecule has 0 bridgehead atoms. The number of primary amides is 1. The molecule has 0 rings (SSSR count). The topological polar surface area (TPSA) is 122 Å². The molecule has 3 amide bonds. The Bertz CT molecular complexity index is 342. The molecule has 0 saturated carbocycles. The first kappa shape index (κ1) is 18.9. The number of rotatable bonds is 10. The number of aliphatic carboxylic acids is 1. The molecule has 0 spiro atoms. The van der Waals surface area contributed by atoms with E-state index >= 15 is 0 Å². The highest BCUT2D eigenvalue weighted by atomic mass is 32.2. The van der Waals surface area contributed by atoms with Gasteiger partial charge in [0.25, 0.3) is 0 Å². The lowest BCUT2D eigenvalue weighted by atomic mass is 10.1. The molecule has 0 aromatic heterocycles. The molecule has 0 aliphatic heterocycles. The Labute approximate surface area is 126 Å². The summed E-state index contributed by atoms with van der Waals surface area (Å²) in [4.78, 5) is 33.9. The molecule has 20 heavy (non-hydrogen) atoms. The van der Waals surface area contributed by atoms with Gasteiger partial charge in [-0.05, 0) is 36.9 Å². The molecule has 2 atom stereocenters. The van der Waals surface area contributed by atoms with Crippen molar-refractivity contribution in [2.24, 2.45) is 5.73 Å². The van der Waals surface area contributed by atoms with Crippen molar-refractivity contribution in [2.75, 3.05) is 24.0 Å². The van der Waals surface area contributed by atoms with Gasteiger partial charge in [-0.3, -0.25) is 4.79 Å². The second kappa shape index (κ2) is 10.7. The van der Waals surface area contributed by atoms with Crippen LogP contribution in [0.1, 0.15) is 12.8 Å². The van der Waals surface area contributed by atoms with Crippen molar-refractivity contribution in [3.05, 3.63) is 0 Å². The van der Waals surface area contributed by atoms with Gasteiger partial charge in [0.1, 0.15) is 12.1 Å². The van der Waals surface area contributed by atoms with Crippen LogP contribution in [0.15, 0.2) is 0 Å². The highest BCUT2D eigenvalue weighted by molar-refractivity contribution is 7.98. The van der Waals surface area contributed by atoms with Crippen molar-refractivity contribution in [2.45, 2.75) is 24.9 Å². The lowest BCUT2D eigenvalue weighted by Crippen LogP contribution is -2.53. The Morgan fingerprint density at radius 1 is 1.05 bits per heavy atom. The Morgan fingerprint density at radius 3 is 1.95 bits per heavy atom. The van der Waals surface area contributed by atoms with Gasteiger partial charge >= 0.3 is 12.0 Å². The third kappa shape index (κ3) is 8.16. The summed E-state index contributed by atoms with van der Waals surface area (Å²) < 4.78 is 0. The fourth-order valence-electron chi connectivity index (χ4n) is 1.44. The molecule has 116 valence electrons. The van der Waals surface area contributed by atoms with Crippen LogP contribution in [0.2, 0.25) is 0 Å². The molecule has 0 aliphatic rings. The van der Waals surface area contributed by atoms with E-state index in [0.29, 0.717) is 24.3 Å². The molecule has 2 unspecified atom stereocenters. The highest BCUT2D eigenvalue weighted by Crippen LogP contribution is 2.04. The molecule has 9 heteroatoms. The zero-order valence-electron chi connectivity index (χ0n) is 11.5. The van der Waals surface area contributed by atoms with Gasteiger partial charge in [0.15, 0.2) is 0 Å². The molecular formula is C11H21N3O4S2. The van der Waals surface area contributed by atoms with E-state index in [1.54, 1.807) is 0 Å². The van der Waals surface area contributed by atoms with Crippen LogP contribution >= 0.6 is 23.5 Å². The van der Waals surface area contributed by atoms with Crippen LogP contribution in [0, 0.1) is 0 Å². The van der Waals surface area contributed by atoms with Gasteiger partial charge in [-0.15, -0.1) is 0 Å². The van der Waals surface area contributed by atoms with E-state index in [1.807, 2.05) is 12.5 Å². The number of hydrogen-bond acceptors (Lipinski definition) is 5. The van der Waals surface area contributed by atoms with E-state index in [1.165, 1.54) is 23.5 Å². The van der Waals surface area contributed by atoms with Crippen molar-refractivity contribution < 1.29 is 19.5 Å². The van der Waals surface area contributed by atoms with Crippen LogP contribution in [-0.2, 0) is 9.59 Å². The minimum atomic E-state index is -1.09. The van der Waals surface area contributed by atoms with E-state index in [9.17, 15) is 14.4 Å². The molecule has 0 aromatic carbocycles. The predicted molar refractivity (Wildman–Crippen MR) is 82.1 cm³/mol. The number of carbonyl (C=O) groups is 3. The minimum absolute atomic E-state index is 0.327. The minimum Gasteiger partial charge on any atom is -0.480 e. The predicted octanol–water partition coefficient (Wildman–Crippen LogP) is 0.0989. The molecule has 0 radical (unpaired) electrons. The van der Waals surface area contributed by atoms with Crippen molar-refractivity contribution in [1.82, 2.24) is 10.6 Å². The molecular weight excluding hydrogens is 302 g/mol. The van der Waals surface area contributed by atoms with Crippen LogP contribution in [0.5, 0.6) is 0 Å². The summed E-state index contributed by atoms with van der Waals surface area (Å²) in [7, 11) is 0. The van der Waals surface area contributed by atoms with Crippen molar-refractivity contribution >= 4 is 41.4 Å². The smallest absolute Gasteiger partial charge is 0.326 e. The standard InChI is InChI=1S/C11H21N3O4S2/c1-19-5-3-7(14-11(12)18)9(15)13-8(10(16)17)4-6-20-2/h7-8H,3-6H2,1-2H3,(H,13,15)(H,16,17)(H3,12,14,18). The molecule has 0 aliphatic carbocycles. The maximum atomic E-state index is 12.0. The third-order valence-electron chi connectivity index (χ3n) is 2.47. The number of carboxylic acid groups (broad SMARTS) is 1. The molecule has 7 nitrogen and oxygen atoms in total. The summed E-state index contributed by atoms with van der Waals surface area (Å²) in [6, 6.07) is -2.57. The first-order valence-corrected chi connectivity index (χ1v) is 8.78. The first-order valence-electron chi connectivity index (χ1n) is 5.99. The molecule has 0 heterocycles. The number of amides is 3. The highest BCUT2D eigenvalue weighted by Gasteiger charge is 2.25. The third-order valence-corrected chi connectivity index (χ3v) is 3.76. The maximum absolute atomic E-state index is 12.0. The SMILES string of the molecule is CSCCC(NC(=O)C(CCSC)NC(N)=O)C(=O)O. The largest absolute Gasteiger partial charge is 0.480 e. The second-order valence-electron chi connectivity index (χ2n) is 4.02. The number of carboxylic acids is 1. The van der Waals surface area contributed by atoms with Crippen LogP contribution < -0.4 is 16.4 Å². The van der Waals surface area contributed by atoms with E-state index in [2.05, 4.69) is 10.6 Å². The van der Waals surface area contributed by atoms with Crippen LogP contribution in [0.3, 0.4) is 0 Å². The monoisotopic (exact) mass is 323 g/mol. The van der Waals surface area contributed by atoms with Crippen LogP contribution in [0.25, 0.3) is 0 Å². The van der Waals surface area contributed by atoms with Crippen molar-refractivity contribution in [3.8, 4) is 0 Å². The Morgan fingerprint density at radius 2 is 1.55 bits per heavy atom. The normalized spacial score (nSPS) is 13.3. The van der Waals surface area contributed by atoms with Crippen molar-refractivity contribution in [1.29, 1.82) is 0 Å². The number of nitrogens with two attached hydrogens (primary N) is 1. The molecule has 0 fully saturated rings. The Kier molecular flexibility index (Phi) is 10.1. The zero-order valence-corrected chi connectivity index (χ0v) is 13.2. The number of hydrogen-bond donors (Lipinski definition) is 4. The summed E-state index contributed by atoms with van der Waals surface area (Å²) in [5.41, 5.74) is 5.02. The quantitative estimate of drug-likeness (QED) is 0.452. The summed E-state index contributed by atoms with van der Waals surface area (Å²) in [6.07, 6.45) is 4.45. The summed E-state index contributed by atoms with van der Waals surface area (Å²) in [6.45, 7) is 0. The number of thioether (sulfide) groups is 2. The molecule has 0 saturated heterocycles. The average molecular weight is 323 g/mol. The molecule has 5 N–H and O–H groups in total. The average Bonchev–Trinajstić information content (AvgIpc) is 2.38. The summed E-state index contributed by atoms with van der Waals surface area (Å²) in [5, 5.41) is 13.8. The van der Waals surface area contributed by atoms with Crippen LogP contribution in [0.4, 0.5) is 4.79 Å². The van der Waals surface area contributed by atoms with E-state index in [4.69, 9.17) is 10.8 Å². The first-order chi connectivity index (χ1) is 9.42. The Hall–Kier alpha value is -1.09. The summed E-state index contributed by atoms with van der Waals surface area (Å²) >= 11 is 3.02. The summed E-state index contributed by atoms with van der Waals surface area (Å²) in [5.74, 6) is -0.335. The van der Waals surface area contributed by atoms with Gasteiger partial charge in [0, 0.05) is 0 Å². The second-order valence-corrected chi connectivity index (χ2v) is 5.99. The van der Waals surface area contributed by atoms with Gasteiger partial charge in [0.05, 0.1) is 0 Å². The lowest BCUT2D eigenvalue weighted by molar-refractivity contribution is -0.142. The van der Waals surface area contributed by atoms with Gasteiger partial charge in [0.2, 0.25) is 5.91 Å². The lowest BCUT2D eigenvalue weighted by Gasteiger charge is -2.20. The van der Waals surface area contributed by atoms with Crippen molar-refractivity contribution in [3.63, 3.8) is 0 Å². The molecule has 0 aromatic rings. The van der Waals surface area contributed by atoms with Gasteiger partial charge < -0.3 is 21.5 Å². The van der Waals surface area contributed by atoms with Gasteiger partial charge in [-0.1, -0.05) is 0 Å². The fourth-order valence-corrected chi connectivity index (χ4v) is 2.38. The van der Waals surface area contributed by atoms with Crippen LogP contribution in [-0.4, -0.2) is 59.1 Å². The van der Waals surface area contributed by atoms with E-state index < -0.39 is 30.0 Å². The zero-order chi connectivity index (χ0) is 15.5. The maximum Gasteiger partial charge on any atom is 0.326 e. The number of urea groups is 1. The van der Waals surface area contributed by atoms with Gasteiger partial charge in [-0.2, -0.15) is 23.5 Å². The fraction of sp³-hybridized carbons (Fsp3) is 0.727. The van der Waals surface area contributed by atoms with E-state index in [-0.39, 0.29) is 0 Å². The Balaban J connectivity index is 4.59. The number of nitrogens with one attached hydrogen (secondary N) is 2. The van der Waals surface area contributed by atoms with Gasteiger partial charge in [-0.25, -0.2) is 9.59 Å². The number of carbonyl (C=O) groups excluding carboxylic acids is 2.